The fraction of sp³-hybridized carbons (Fsp3) is 0.300. The van der Waals surface area contributed by atoms with E-state index in [0.717, 1.165) is 5.76 Å². The first-order valence-electron chi connectivity index (χ1n) is 5.27. The number of carbonyl (C=O) groups excluding carboxylic acids is 1. The molecule has 0 bridgehead atoms. The number of hydrogen-bond donors (Lipinski definition) is 2. The summed E-state index contributed by atoms with van der Waals surface area (Å²) in [5.74, 6) is 0.545. The van der Waals surface area contributed by atoms with Crippen molar-refractivity contribution in [2.45, 2.75) is 13.1 Å². The average Bonchev–Trinajstić information content (AvgIpc) is 2.96. The predicted octanol–water partition coefficient (Wildman–Crippen LogP) is 0.257. The van der Waals surface area contributed by atoms with Gasteiger partial charge >= 0.3 is 0 Å². The van der Waals surface area contributed by atoms with E-state index in [9.17, 15) is 4.79 Å². The Balaban J connectivity index is 1.91. The molecule has 2 rings (SSSR count). The lowest BCUT2D eigenvalue weighted by Gasteiger charge is -1.98. The van der Waals surface area contributed by atoms with Crippen molar-refractivity contribution in [3.05, 3.63) is 34.5 Å². The molecular weight excluding hydrogens is 302 g/mol. The number of carbonyl (C=O) groups is 1. The number of hydrogen-bond acceptors (Lipinski definition) is 5. The molecule has 0 aromatic carbocycles. The van der Waals surface area contributed by atoms with Gasteiger partial charge in [0.15, 0.2) is 4.67 Å². The lowest BCUT2D eigenvalue weighted by molar-refractivity contribution is -0.119. The van der Waals surface area contributed by atoms with Gasteiger partial charge in [-0.3, -0.25) is 4.79 Å². The van der Waals surface area contributed by atoms with Crippen LogP contribution >= 0.6 is 15.9 Å². The molecule has 18 heavy (non-hydrogen) atoms. The molecule has 7 nitrogen and oxygen atoms in total. The summed E-state index contributed by atoms with van der Waals surface area (Å²) in [6.45, 7) is 0.774. The van der Waals surface area contributed by atoms with Crippen molar-refractivity contribution < 1.29 is 9.21 Å². The third-order valence-electron chi connectivity index (χ3n) is 2.18. The average molecular weight is 314 g/mol. The second kappa shape index (κ2) is 5.78. The van der Waals surface area contributed by atoms with Crippen LogP contribution in [0.4, 0.5) is 0 Å². The van der Waals surface area contributed by atoms with E-state index < -0.39 is 0 Å². The van der Waals surface area contributed by atoms with Crippen molar-refractivity contribution in [3.8, 4) is 0 Å². The van der Waals surface area contributed by atoms with Crippen molar-refractivity contribution in [2.24, 2.45) is 5.73 Å². The van der Waals surface area contributed by atoms with Crippen LogP contribution in [0.2, 0.25) is 0 Å². The van der Waals surface area contributed by atoms with Crippen LogP contribution in [0.3, 0.4) is 0 Å². The Morgan fingerprint density at radius 3 is 3.06 bits per heavy atom. The minimum atomic E-state index is -0.223. The molecule has 0 radical (unpaired) electrons. The molecule has 0 saturated heterocycles. The van der Waals surface area contributed by atoms with Gasteiger partial charge in [-0.15, -0.1) is 5.10 Å². The molecule has 8 heteroatoms. The first-order chi connectivity index (χ1) is 8.67. The van der Waals surface area contributed by atoms with Crippen molar-refractivity contribution >= 4 is 21.8 Å². The number of amides is 1. The van der Waals surface area contributed by atoms with E-state index in [4.69, 9.17) is 10.2 Å². The highest BCUT2D eigenvalue weighted by Crippen LogP contribution is 2.14. The van der Waals surface area contributed by atoms with Gasteiger partial charge in [-0.2, -0.15) is 0 Å². The van der Waals surface area contributed by atoms with Crippen LogP contribution in [0.5, 0.6) is 0 Å². The zero-order chi connectivity index (χ0) is 13.0. The molecule has 2 heterocycles. The molecule has 0 aliphatic carbocycles. The van der Waals surface area contributed by atoms with Gasteiger partial charge in [0, 0.05) is 0 Å². The van der Waals surface area contributed by atoms with Crippen LogP contribution in [0.15, 0.2) is 27.4 Å². The summed E-state index contributed by atoms with van der Waals surface area (Å²) in [4.78, 5) is 11.0. The van der Waals surface area contributed by atoms with E-state index >= 15 is 0 Å². The summed E-state index contributed by atoms with van der Waals surface area (Å²) in [6.07, 6.45) is 1.74. The molecule has 3 N–H and O–H groups in total. The predicted molar refractivity (Wildman–Crippen MR) is 66.4 cm³/mol. The topological polar surface area (TPSA) is 99.0 Å². The maximum Gasteiger partial charge on any atom is 0.234 e. The van der Waals surface area contributed by atoms with Crippen LogP contribution in [0.25, 0.3) is 0 Å². The minimum Gasteiger partial charge on any atom is -0.452 e. The lowest BCUT2D eigenvalue weighted by atomic mass is 10.4. The Morgan fingerprint density at radius 1 is 1.56 bits per heavy atom. The zero-order valence-corrected chi connectivity index (χ0v) is 11.1. The van der Waals surface area contributed by atoms with E-state index in [2.05, 4.69) is 31.6 Å². The molecule has 0 aliphatic heterocycles. The van der Waals surface area contributed by atoms with Gasteiger partial charge in [0.25, 0.3) is 0 Å². The smallest absolute Gasteiger partial charge is 0.234 e. The van der Waals surface area contributed by atoms with Crippen LogP contribution in [0.1, 0.15) is 11.5 Å². The third-order valence-corrected chi connectivity index (χ3v) is 2.61. The van der Waals surface area contributed by atoms with Gasteiger partial charge in [-0.05, 0) is 28.1 Å². The van der Waals surface area contributed by atoms with E-state index in [0.29, 0.717) is 23.5 Å². The summed E-state index contributed by atoms with van der Waals surface area (Å²) >= 11 is 3.23. The minimum absolute atomic E-state index is 0.0332. The van der Waals surface area contributed by atoms with E-state index in [1.165, 1.54) is 0 Å². The van der Waals surface area contributed by atoms with Crippen LogP contribution in [-0.4, -0.2) is 27.4 Å². The highest BCUT2D eigenvalue weighted by Gasteiger charge is 2.05. The van der Waals surface area contributed by atoms with Crippen molar-refractivity contribution in [1.82, 2.24) is 20.3 Å². The molecule has 0 unspecified atom stereocenters. The van der Waals surface area contributed by atoms with Crippen molar-refractivity contribution in [3.63, 3.8) is 0 Å². The highest BCUT2D eigenvalue weighted by atomic mass is 79.9. The van der Waals surface area contributed by atoms with E-state index in [1.54, 1.807) is 10.9 Å². The summed E-state index contributed by atoms with van der Waals surface area (Å²) in [5, 5.41) is 10.5. The van der Waals surface area contributed by atoms with Crippen LogP contribution < -0.4 is 11.1 Å². The molecule has 2 aromatic heterocycles. The number of nitrogens with two attached hydrogens (primary N) is 1. The van der Waals surface area contributed by atoms with Gasteiger partial charge in [0.1, 0.15) is 18.0 Å². The first-order valence-corrected chi connectivity index (χ1v) is 6.06. The quantitative estimate of drug-likeness (QED) is 0.824. The molecule has 0 aliphatic rings. The van der Waals surface area contributed by atoms with Gasteiger partial charge in [-0.1, -0.05) is 5.21 Å². The number of rotatable bonds is 5. The molecule has 0 saturated carbocycles. The van der Waals surface area contributed by atoms with Gasteiger partial charge < -0.3 is 15.5 Å². The fourth-order valence-corrected chi connectivity index (χ4v) is 1.69. The Kier molecular flexibility index (Phi) is 4.11. The zero-order valence-electron chi connectivity index (χ0n) is 9.47. The Morgan fingerprint density at radius 2 is 2.39 bits per heavy atom. The maximum atomic E-state index is 11.0. The summed E-state index contributed by atoms with van der Waals surface area (Å²) in [6, 6.07) is 3.66. The number of halogens is 1. The number of nitrogens with zero attached hydrogens (tertiary/aromatic N) is 3. The van der Waals surface area contributed by atoms with Gasteiger partial charge in [0.05, 0.1) is 19.3 Å². The third kappa shape index (κ3) is 3.41. The largest absolute Gasteiger partial charge is 0.452 e. The molecule has 0 spiro atoms. The Labute approximate surface area is 111 Å². The number of aromatic nitrogens is 3. The fourth-order valence-electron chi connectivity index (χ4n) is 1.35. The molecule has 0 fully saturated rings. The molecule has 2 aromatic rings. The normalized spacial score (nSPS) is 10.6. The SMILES string of the molecule is NCC(=O)NCc1cn(Cc2ccc(Br)o2)nn1. The number of furan rings is 1. The molecule has 96 valence electrons. The molecule has 0 atom stereocenters. The van der Waals surface area contributed by atoms with Gasteiger partial charge in [-0.25, -0.2) is 4.68 Å². The Hall–Kier alpha value is -1.67. The highest BCUT2D eigenvalue weighted by molar-refractivity contribution is 9.10. The monoisotopic (exact) mass is 313 g/mol. The van der Waals surface area contributed by atoms with E-state index in [-0.39, 0.29) is 12.5 Å². The lowest BCUT2D eigenvalue weighted by Crippen LogP contribution is -2.29. The van der Waals surface area contributed by atoms with Crippen LogP contribution in [0, 0.1) is 0 Å². The Bertz CT molecular complexity index is 536. The second-order valence-corrected chi connectivity index (χ2v) is 4.38. The van der Waals surface area contributed by atoms with Crippen LogP contribution in [-0.2, 0) is 17.9 Å². The summed E-state index contributed by atoms with van der Waals surface area (Å²) in [5.41, 5.74) is 5.84. The standard InChI is InChI=1S/C10H12BrN5O2/c11-9-2-1-8(18-9)6-16-5-7(14-15-16)4-13-10(17)3-12/h1-2,5H,3-4,6,12H2,(H,13,17). The molecular formula is C10H12BrN5O2. The van der Waals surface area contributed by atoms with Crippen molar-refractivity contribution in [2.75, 3.05) is 6.54 Å². The van der Waals surface area contributed by atoms with Crippen molar-refractivity contribution in [1.29, 1.82) is 0 Å². The summed E-state index contributed by atoms with van der Waals surface area (Å²) in [7, 11) is 0. The number of nitrogens with one attached hydrogen (secondary N) is 1. The second-order valence-electron chi connectivity index (χ2n) is 3.59. The van der Waals surface area contributed by atoms with E-state index in [1.807, 2.05) is 12.1 Å². The maximum absolute atomic E-state index is 11.0. The molecule has 1 amide bonds. The summed E-state index contributed by atoms with van der Waals surface area (Å²) < 4.78 is 7.66. The van der Waals surface area contributed by atoms with Gasteiger partial charge in [0.2, 0.25) is 5.91 Å². The first kappa shape index (κ1) is 12.8.